The largest absolute Gasteiger partial charge is 0.478 e. The van der Waals surface area contributed by atoms with Crippen LogP contribution in [0.3, 0.4) is 0 Å². The van der Waals surface area contributed by atoms with Crippen molar-refractivity contribution < 1.29 is 14.7 Å². The second kappa shape index (κ2) is 6.45. The van der Waals surface area contributed by atoms with E-state index in [-0.39, 0.29) is 11.6 Å². The SMILES string of the molecule is C#CCC(C)NC(=O)Nc1c(C)cccc1C(=O)O. The van der Waals surface area contributed by atoms with Gasteiger partial charge >= 0.3 is 12.0 Å². The lowest BCUT2D eigenvalue weighted by Gasteiger charge is -2.15. The van der Waals surface area contributed by atoms with Crippen molar-refractivity contribution in [2.24, 2.45) is 0 Å². The highest BCUT2D eigenvalue weighted by molar-refractivity contribution is 6.01. The molecule has 100 valence electrons. The summed E-state index contributed by atoms with van der Waals surface area (Å²) in [6.45, 7) is 3.50. The predicted octanol–water partition coefficient (Wildman–Crippen LogP) is 2.23. The zero-order valence-electron chi connectivity index (χ0n) is 10.9. The quantitative estimate of drug-likeness (QED) is 0.726. The van der Waals surface area contributed by atoms with Crippen LogP contribution in [0.2, 0.25) is 0 Å². The maximum Gasteiger partial charge on any atom is 0.337 e. The Morgan fingerprint density at radius 2 is 2.16 bits per heavy atom. The third kappa shape index (κ3) is 4.03. The number of rotatable bonds is 4. The Labute approximate surface area is 112 Å². The number of terminal acetylenes is 1. The van der Waals surface area contributed by atoms with Gasteiger partial charge in [-0.2, -0.15) is 0 Å². The summed E-state index contributed by atoms with van der Waals surface area (Å²) in [6, 6.07) is 4.15. The number of hydrogen-bond donors (Lipinski definition) is 3. The molecule has 0 aliphatic carbocycles. The number of anilines is 1. The van der Waals surface area contributed by atoms with Crippen molar-refractivity contribution >= 4 is 17.7 Å². The second-order valence-corrected chi connectivity index (χ2v) is 4.21. The number of carboxylic acids is 1. The Hall–Kier alpha value is -2.48. The Morgan fingerprint density at radius 1 is 1.47 bits per heavy atom. The summed E-state index contributed by atoms with van der Waals surface area (Å²) >= 11 is 0. The van der Waals surface area contributed by atoms with Crippen LogP contribution in [0.15, 0.2) is 18.2 Å². The molecule has 1 aromatic carbocycles. The lowest BCUT2D eigenvalue weighted by atomic mass is 10.1. The molecule has 5 heteroatoms. The van der Waals surface area contributed by atoms with Crippen molar-refractivity contribution in [3.63, 3.8) is 0 Å². The Balaban J connectivity index is 2.85. The molecule has 0 bridgehead atoms. The number of hydrogen-bond acceptors (Lipinski definition) is 2. The number of amides is 2. The van der Waals surface area contributed by atoms with Gasteiger partial charge in [0.25, 0.3) is 0 Å². The van der Waals surface area contributed by atoms with E-state index in [1.807, 2.05) is 0 Å². The molecule has 0 spiro atoms. The van der Waals surface area contributed by atoms with Crippen molar-refractivity contribution in [2.75, 3.05) is 5.32 Å². The molecule has 0 aromatic heterocycles. The number of carbonyl (C=O) groups is 2. The standard InChI is InChI=1S/C14H16N2O3/c1-4-6-10(3)15-14(19)16-12-9(2)7-5-8-11(12)13(17)18/h1,5,7-8,10H,6H2,2-3H3,(H,17,18)(H2,15,16,19). The summed E-state index contributed by atoms with van der Waals surface area (Å²) in [5.41, 5.74) is 1.03. The van der Waals surface area contributed by atoms with Crippen LogP contribution in [0.1, 0.15) is 29.3 Å². The summed E-state index contributed by atoms with van der Waals surface area (Å²) in [6.07, 6.45) is 5.56. The van der Waals surface area contributed by atoms with Gasteiger partial charge < -0.3 is 15.7 Å². The number of para-hydroxylation sites is 1. The maximum atomic E-state index is 11.7. The van der Waals surface area contributed by atoms with E-state index in [2.05, 4.69) is 16.6 Å². The van der Waals surface area contributed by atoms with E-state index < -0.39 is 12.0 Å². The lowest BCUT2D eigenvalue weighted by Crippen LogP contribution is -2.36. The Morgan fingerprint density at radius 3 is 2.74 bits per heavy atom. The van der Waals surface area contributed by atoms with E-state index in [1.165, 1.54) is 6.07 Å². The minimum Gasteiger partial charge on any atom is -0.478 e. The molecule has 0 saturated carbocycles. The minimum atomic E-state index is -1.09. The summed E-state index contributed by atoms with van der Waals surface area (Å²) < 4.78 is 0. The first-order valence-corrected chi connectivity index (χ1v) is 5.79. The number of aryl methyl sites for hydroxylation is 1. The van der Waals surface area contributed by atoms with Gasteiger partial charge in [0.1, 0.15) is 0 Å². The highest BCUT2D eigenvalue weighted by Crippen LogP contribution is 2.20. The van der Waals surface area contributed by atoms with Crippen molar-refractivity contribution in [1.82, 2.24) is 5.32 Å². The van der Waals surface area contributed by atoms with Crippen LogP contribution in [-0.2, 0) is 0 Å². The van der Waals surface area contributed by atoms with E-state index in [0.717, 1.165) is 0 Å². The minimum absolute atomic E-state index is 0.0553. The zero-order valence-corrected chi connectivity index (χ0v) is 10.9. The van der Waals surface area contributed by atoms with Crippen LogP contribution >= 0.6 is 0 Å². The molecule has 3 N–H and O–H groups in total. The van der Waals surface area contributed by atoms with Gasteiger partial charge in [0.15, 0.2) is 0 Å². The van der Waals surface area contributed by atoms with Crippen molar-refractivity contribution in [2.45, 2.75) is 26.3 Å². The molecule has 1 rings (SSSR count). The number of benzene rings is 1. The normalized spacial score (nSPS) is 11.2. The fraction of sp³-hybridized carbons (Fsp3) is 0.286. The van der Waals surface area contributed by atoms with Gasteiger partial charge in [0, 0.05) is 12.5 Å². The van der Waals surface area contributed by atoms with Gasteiger partial charge in [-0.25, -0.2) is 9.59 Å². The monoisotopic (exact) mass is 260 g/mol. The predicted molar refractivity (Wildman–Crippen MR) is 73.2 cm³/mol. The molecule has 0 saturated heterocycles. The molecular weight excluding hydrogens is 244 g/mol. The van der Waals surface area contributed by atoms with Crippen molar-refractivity contribution in [3.05, 3.63) is 29.3 Å². The molecule has 1 aromatic rings. The molecule has 0 aliphatic rings. The van der Waals surface area contributed by atoms with E-state index >= 15 is 0 Å². The molecule has 1 atom stereocenters. The number of aromatic carboxylic acids is 1. The van der Waals surface area contributed by atoms with Crippen molar-refractivity contribution in [1.29, 1.82) is 0 Å². The van der Waals surface area contributed by atoms with Gasteiger partial charge in [0.2, 0.25) is 0 Å². The van der Waals surface area contributed by atoms with Crippen LogP contribution in [-0.4, -0.2) is 23.1 Å². The second-order valence-electron chi connectivity index (χ2n) is 4.21. The fourth-order valence-corrected chi connectivity index (χ4v) is 1.61. The summed E-state index contributed by atoms with van der Waals surface area (Å²) in [7, 11) is 0. The van der Waals surface area contributed by atoms with Crippen LogP contribution < -0.4 is 10.6 Å². The first kappa shape index (κ1) is 14.6. The third-order valence-electron chi connectivity index (χ3n) is 2.54. The van der Waals surface area contributed by atoms with Gasteiger partial charge in [-0.05, 0) is 25.5 Å². The fourth-order valence-electron chi connectivity index (χ4n) is 1.61. The Bertz CT molecular complexity index is 532. The first-order valence-electron chi connectivity index (χ1n) is 5.79. The van der Waals surface area contributed by atoms with Crippen molar-refractivity contribution in [3.8, 4) is 12.3 Å². The van der Waals surface area contributed by atoms with Crippen LogP contribution in [0.5, 0.6) is 0 Å². The summed E-state index contributed by atoms with van der Waals surface area (Å²) in [5, 5.41) is 14.3. The lowest BCUT2D eigenvalue weighted by molar-refractivity contribution is 0.0698. The van der Waals surface area contributed by atoms with E-state index in [1.54, 1.807) is 26.0 Å². The molecule has 2 amide bonds. The molecule has 0 radical (unpaired) electrons. The van der Waals surface area contributed by atoms with Gasteiger partial charge in [0.05, 0.1) is 11.3 Å². The molecule has 0 heterocycles. The average molecular weight is 260 g/mol. The van der Waals surface area contributed by atoms with Crippen LogP contribution in [0, 0.1) is 19.3 Å². The van der Waals surface area contributed by atoms with Crippen LogP contribution in [0.25, 0.3) is 0 Å². The third-order valence-corrected chi connectivity index (χ3v) is 2.54. The van der Waals surface area contributed by atoms with Gasteiger partial charge in [-0.15, -0.1) is 12.3 Å². The van der Waals surface area contributed by atoms with E-state index in [9.17, 15) is 9.59 Å². The first-order chi connectivity index (χ1) is 8.95. The average Bonchev–Trinajstić information content (AvgIpc) is 2.31. The number of carbonyl (C=O) groups excluding carboxylic acids is 1. The topological polar surface area (TPSA) is 78.4 Å². The highest BCUT2D eigenvalue weighted by Gasteiger charge is 2.15. The molecule has 1 unspecified atom stereocenters. The van der Waals surface area contributed by atoms with E-state index in [0.29, 0.717) is 17.7 Å². The molecule has 0 aliphatic heterocycles. The van der Waals surface area contributed by atoms with E-state index in [4.69, 9.17) is 11.5 Å². The molecule has 19 heavy (non-hydrogen) atoms. The maximum absolute atomic E-state index is 11.7. The molecule has 5 nitrogen and oxygen atoms in total. The summed E-state index contributed by atoms with van der Waals surface area (Å²) in [5.74, 6) is 1.35. The molecule has 0 fully saturated rings. The van der Waals surface area contributed by atoms with Gasteiger partial charge in [-0.1, -0.05) is 12.1 Å². The van der Waals surface area contributed by atoms with Crippen LogP contribution in [0.4, 0.5) is 10.5 Å². The Kier molecular flexibility index (Phi) is 4.95. The number of urea groups is 1. The number of carboxylic acid groups (broad SMARTS) is 1. The number of nitrogens with one attached hydrogen (secondary N) is 2. The molecular formula is C14H16N2O3. The van der Waals surface area contributed by atoms with Gasteiger partial charge in [-0.3, -0.25) is 0 Å². The highest BCUT2D eigenvalue weighted by atomic mass is 16.4. The zero-order chi connectivity index (χ0) is 14.4. The smallest absolute Gasteiger partial charge is 0.337 e. The summed E-state index contributed by atoms with van der Waals surface area (Å²) in [4.78, 5) is 22.8.